The normalized spacial score (nSPS) is 21.2. The molecule has 0 aromatic rings. The third kappa shape index (κ3) is 1.77. The minimum absolute atomic E-state index is 0.570. The van der Waals surface area contributed by atoms with Gasteiger partial charge in [-0.15, -0.1) is 0 Å². The van der Waals surface area contributed by atoms with Crippen LogP contribution in [0.15, 0.2) is 4.40 Å². The molecule has 0 heterocycles. The standard InChI is InChI=1S/C7H14N2O2S/c1-7(4-5-7)12(10,11)8-6-9(2)3/h6H,4-5H2,1-3H3. The Morgan fingerprint density at radius 3 is 2.25 bits per heavy atom. The average Bonchev–Trinajstić information content (AvgIpc) is 2.65. The number of sulfonamides is 1. The zero-order valence-corrected chi connectivity index (χ0v) is 8.43. The van der Waals surface area contributed by atoms with Crippen LogP contribution < -0.4 is 0 Å². The Labute approximate surface area is 73.3 Å². The molecule has 1 fully saturated rings. The summed E-state index contributed by atoms with van der Waals surface area (Å²) in [5.41, 5.74) is 0. The fraction of sp³-hybridized carbons (Fsp3) is 0.857. The fourth-order valence-electron chi connectivity index (χ4n) is 0.718. The second-order valence-corrected chi connectivity index (χ2v) is 5.76. The van der Waals surface area contributed by atoms with Crippen molar-refractivity contribution in [2.75, 3.05) is 14.1 Å². The SMILES string of the molecule is CN(C)C=NS(=O)(=O)C1(C)CC1. The highest BCUT2D eigenvalue weighted by atomic mass is 32.2. The Kier molecular flexibility index (Phi) is 2.16. The predicted molar refractivity (Wildman–Crippen MR) is 48.7 cm³/mol. The van der Waals surface area contributed by atoms with Crippen molar-refractivity contribution in [3.8, 4) is 0 Å². The summed E-state index contributed by atoms with van der Waals surface area (Å²) >= 11 is 0. The second kappa shape index (κ2) is 2.73. The summed E-state index contributed by atoms with van der Waals surface area (Å²) in [5, 5.41) is 0. The van der Waals surface area contributed by atoms with Crippen LogP contribution in [-0.4, -0.2) is 38.5 Å². The zero-order chi connectivity index (χ0) is 9.41. The van der Waals surface area contributed by atoms with Crippen LogP contribution in [0, 0.1) is 0 Å². The molecule has 1 aliphatic carbocycles. The predicted octanol–water partition coefficient (Wildman–Crippen LogP) is 0.459. The van der Waals surface area contributed by atoms with Crippen LogP contribution >= 0.6 is 0 Å². The van der Waals surface area contributed by atoms with Crippen LogP contribution in [-0.2, 0) is 10.0 Å². The van der Waals surface area contributed by atoms with Crippen molar-refractivity contribution in [2.45, 2.75) is 24.5 Å². The maximum absolute atomic E-state index is 11.4. The third-order valence-corrected chi connectivity index (χ3v) is 4.02. The van der Waals surface area contributed by atoms with Crippen LogP contribution in [0.3, 0.4) is 0 Å². The minimum Gasteiger partial charge on any atom is -0.368 e. The molecule has 0 amide bonds. The molecule has 0 aromatic carbocycles. The quantitative estimate of drug-likeness (QED) is 0.480. The largest absolute Gasteiger partial charge is 0.368 e. The van der Waals surface area contributed by atoms with E-state index in [2.05, 4.69) is 4.40 Å². The minimum atomic E-state index is -3.25. The summed E-state index contributed by atoms with van der Waals surface area (Å²) < 4.78 is 25.8. The zero-order valence-electron chi connectivity index (χ0n) is 7.61. The van der Waals surface area contributed by atoms with Crippen LogP contribution in [0.25, 0.3) is 0 Å². The summed E-state index contributed by atoms with van der Waals surface area (Å²) in [6.45, 7) is 1.73. The first-order valence-corrected chi connectivity index (χ1v) is 5.28. The summed E-state index contributed by atoms with van der Waals surface area (Å²) in [7, 11) is 0.235. The topological polar surface area (TPSA) is 49.7 Å². The first kappa shape index (κ1) is 9.51. The fourth-order valence-corrected chi connectivity index (χ4v) is 1.90. The van der Waals surface area contributed by atoms with Gasteiger partial charge in [0.1, 0.15) is 6.34 Å². The molecule has 0 aliphatic heterocycles. The van der Waals surface area contributed by atoms with E-state index in [1.54, 1.807) is 25.9 Å². The molecule has 1 saturated carbocycles. The lowest BCUT2D eigenvalue weighted by Gasteiger charge is -2.06. The highest BCUT2D eigenvalue weighted by Crippen LogP contribution is 2.43. The molecule has 0 spiro atoms. The molecule has 1 rings (SSSR count). The van der Waals surface area contributed by atoms with Gasteiger partial charge in [0.15, 0.2) is 0 Å². The number of nitrogens with zero attached hydrogens (tertiary/aromatic N) is 2. The number of hydrogen-bond donors (Lipinski definition) is 0. The molecule has 0 unspecified atom stereocenters. The van der Waals surface area contributed by atoms with E-state index in [4.69, 9.17) is 0 Å². The van der Waals surface area contributed by atoms with Crippen LogP contribution in [0.1, 0.15) is 19.8 Å². The van der Waals surface area contributed by atoms with Gasteiger partial charge in [-0.2, -0.15) is 4.40 Å². The molecule has 0 atom stereocenters. The number of rotatable bonds is 3. The van der Waals surface area contributed by atoms with E-state index in [0.29, 0.717) is 0 Å². The van der Waals surface area contributed by atoms with Crippen molar-refractivity contribution in [2.24, 2.45) is 4.40 Å². The maximum Gasteiger partial charge on any atom is 0.259 e. The molecular formula is C7H14N2O2S. The van der Waals surface area contributed by atoms with Gasteiger partial charge in [0, 0.05) is 14.1 Å². The van der Waals surface area contributed by atoms with Gasteiger partial charge in [-0.25, -0.2) is 8.42 Å². The molecular weight excluding hydrogens is 176 g/mol. The van der Waals surface area contributed by atoms with Gasteiger partial charge in [-0.3, -0.25) is 0 Å². The first-order chi connectivity index (χ1) is 5.37. The molecule has 0 bridgehead atoms. The van der Waals surface area contributed by atoms with Crippen molar-refractivity contribution in [1.29, 1.82) is 0 Å². The van der Waals surface area contributed by atoms with Crippen molar-refractivity contribution in [3.05, 3.63) is 0 Å². The molecule has 0 aromatic heterocycles. The van der Waals surface area contributed by atoms with Crippen molar-refractivity contribution < 1.29 is 8.42 Å². The van der Waals surface area contributed by atoms with Gasteiger partial charge in [0.25, 0.3) is 10.0 Å². The first-order valence-electron chi connectivity index (χ1n) is 3.84. The van der Waals surface area contributed by atoms with Gasteiger partial charge in [-0.05, 0) is 19.8 Å². The Bertz CT molecular complexity index is 289. The van der Waals surface area contributed by atoms with Gasteiger partial charge in [-0.1, -0.05) is 0 Å². The van der Waals surface area contributed by atoms with E-state index in [-0.39, 0.29) is 0 Å². The second-order valence-electron chi connectivity index (χ2n) is 3.61. The van der Waals surface area contributed by atoms with Crippen molar-refractivity contribution >= 4 is 16.4 Å². The van der Waals surface area contributed by atoms with Crippen LogP contribution in [0.5, 0.6) is 0 Å². The summed E-state index contributed by atoms with van der Waals surface area (Å²) in [5.74, 6) is 0. The lowest BCUT2D eigenvalue weighted by molar-refractivity contribution is 0.581. The van der Waals surface area contributed by atoms with Gasteiger partial charge in [0.2, 0.25) is 0 Å². The van der Waals surface area contributed by atoms with Gasteiger partial charge >= 0.3 is 0 Å². The monoisotopic (exact) mass is 190 g/mol. The molecule has 0 saturated heterocycles. The van der Waals surface area contributed by atoms with Crippen LogP contribution in [0.2, 0.25) is 0 Å². The lowest BCUT2D eigenvalue weighted by Crippen LogP contribution is -2.18. The third-order valence-electron chi connectivity index (χ3n) is 1.99. The van der Waals surface area contributed by atoms with E-state index in [9.17, 15) is 8.42 Å². The number of hydrogen-bond acceptors (Lipinski definition) is 2. The Morgan fingerprint density at radius 1 is 1.42 bits per heavy atom. The summed E-state index contributed by atoms with van der Waals surface area (Å²) in [6, 6.07) is 0. The van der Waals surface area contributed by atoms with Crippen LogP contribution in [0.4, 0.5) is 0 Å². The van der Waals surface area contributed by atoms with Gasteiger partial charge in [0.05, 0.1) is 4.75 Å². The van der Waals surface area contributed by atoms with E-state index in [1.165, 1.54) is 6.34 Å². The molecule has 4 nitrogen and oxygen atoms in total. The summed E-state index contributed by atoms with van der Waals surface area (Å²) in [4.78, 5) is 1.61. The molecule has 5 heteroatoms. The Morgan fingerprint density at radius 2 is 1.92 bits per heavy atom. The van der Waals surface area contributed by atoms with E-state index >= 15 is 0 Å². The van der Waals surface area contributed by atoms with E-state index in [0.717, 1.165) is 12.8 Å². The Balaban J connectivity index is 2.75. The van der Waals surface area contributed by atoms with Gasteiger partial charge < -0.3 is 4.90 Å². The van der Waals surface area contributed by atoms with E-state index in [1.807, 2.05) is 0 Å². The van der Waals surface area contributed by atoms with Crippen molar-refractivity contribution in [1.82, 2.24) is 4.90 Å². The smallest absolute Gasteiger partial charge is 0.259 e. The summed E-state index contributed by atoms with van der Waals surface area (Å²) in [6.07, 6.45) is 2.80. The molecule has 1 aliphatic rings. The highest BCUT2D eigenvalue weighted by Gasteiger charge is 2.50. The lowest BCUT2D eigenvalue weighted by atomic mass is 10.5. The molecule has 12 heavy (non-hydrogen) atoms. The Hall–Kier alpha value is -0.580. The van der Waals surface area contributed by atoms with E-state index < -0.39 is 14.8 Å². The molecule has 0 radical (unpaired) electrons. The maximum atomic E-state index is 11.4. The highest BCUT2D eigenvalue weighted by molar-refractivity contribution is 7.91. The average molecular weight is 190 g/mol. The molecule has 70 valence electrons. The van der Waals surface area contributed by atoms with Crippen molar-refractivity contribution in [3.63, 3.8) is 0 Å². The molecule has 0 N–H and O–H groups in total.